The summed E-state index contributed by atoms with van der Waals surface area (Å²) >= 11 is 0. The first kappa shape index (κ1) is 18.0. The molecule has 101 valence electrons. The van der Waals surface area contributed by atoms with Gasteiger partial charge in [-0.25, -0.2) is 0 Å². The van der Waals surface area contributed by atoms with Gasteiger partial charge < -0.3 is 5.48 Å². The molecule has 3 aromatic carbocycles. The average molecular weight is 303 g/mol. The molecule has 3 aromatic rings. The maximum Gasteiger partial charge on any atom is 0.166 e. The van der Waals surface area contributed by atoms with Crippen molar-refractivity contribution in [2.75, 3.05) is 0 Å². The van der Waals surface area contributed by atoms with E-state index in [4.69, 9.17) is 0 Å². The normalized spacial score (nSPS) is 9.57. The molecule has 0 saturated carbocycles. The molecule has 0 saturated heterocycles. The minimum atomic E-state index is -0.0146. The van der Waals surface area contributed by atoms with E-state index in [1.54, 1.807) is 0 Å². The zero-order chi connectivity index (χ0) is 12.9. The Morgan fingerprint density at radius 3 is 0.905 bits per heavy atom. The molecule has 0 aliphatic carbocycles. The van der Waals surface area contributed by atoms with Gasteiger partial charge in [0.25, 0.3) is 0 Å². The Bertz CT molecular complexity index is 535. The monoisotopic (exact) mass is 303 g/mol. The fourth-order valence-corrected chi connectivity index (χ4v) is 4.18. The van der Waals surface area contributed by atoms with Gasteiger partial charge in [0.2, 0.25) is 0 Å². The van der Waals surface area contributed by atoms with Gasteiger partial charge in [-0.1, -0.05) is 54.6 Å². The first-order valence-electron chi connectivity index (χ1n) is 6.34. The molecule has 3 rings (SSSR count). The minimum absolute atomic E-state index is 0. The topological polar surface area (TPSA) is 30.0 Å². The molecule has 0 spiro atoms. The smallest absolute Gasteiger partial charge is 0.166 e. The van der Waals surface area contributed by atoms with Crippen molar-refractivity contribution in [1.29, 1.82) is 0 Å². The molecular formula is C18H16NaOS. The SMILES string of the molecule is [Na].[OH-].c1ccc([S+](c2ccccc2)c2ccccc2)cc1. The summed E-state index contributed by atoms with van der Waals surface area (Å²) in [4.78, 5) is 4.08. The van der Waals surface area contributed by atoms with Crippen LogP contribution in [-0.4, -0.2) is 35.0 Å². The van der Waals surface area contributed by atoms with Gasteiger partial charge in [-0.3, -0.25) is 0 Å². The van der Waals surface area contributed by atoms with Gasteiger partial charge >= 0.3 is 0 Å². The van der Waals surface area contributed by atoms with E-state index >= 15 is 0 Å². The average Bonchev–Trinajstić information content (AvgIpc) is 2.51. The van der Waals surface area contributed by atoms with Crippen molar-refractivity contribution >= 4 is 40.5 Å². The molecule has 0 amide bonds. The Morgan fingerprint density at radius 1 is 0.429 bits per heavy atom. The molecule has 0 heterocycles. The Kier molecular flexibility index (Phi) is 7.79. The molecule has 21 heavy (non-hydrogen) atoms. The van der Waals surface area contributed by atoms with Crippen LogP contribution in [0.5, 0.6) is 0 Å². The predicted molar refractivity (Wildman–Crippen MR) is 89.2 cm³/mol. The van der Waals surface area contributed by atoms with Gasteiger partial charge in [0.05, 0.1) is 10.9 Å². The summed E-state index contributed by atoms with van der Waals surface area (Å²) in [6.45, 7) is 0. The summed E-state index contributed by atoms with van der Waals surface area (Å²) in [5, 5.41) is 0. The fraction of sp³-hybridized carbons (Fsp3) is 0. The summed E-state index contributed by atoms with van der Waals surface area (Å²) in [5.74, 6) is 0. The van der Waals surface area contributed by atoms with Gasteiger partial charge in [0.1, 0.15) is 0 Å². The third-order valence-corrected chi connectivity index (χ3v) is 5.17. The van der Waals surface area contributed by atoms with E-state index in [2.05, 4.69) is 91.0 Å². The quantitative estimate of drug-likeness (QED) is 0.526. The molecule has 0 unspecified atom stereocenters. The fourth-order valence-electron chi connectivity index (χ4n) is 2.08. The third-order valence-electron chi connectivity index (χ3n) is 2.94. The second-order valence-electron chi connectivity index (χ2n) is 4.25. The van der Waals surface area contributed by atoms with E-state index in [1.165, 1.54) is 14.7 Å². The Hall–Kier alpha value is -1.03. The molecule has 1 N–H and O–H groups in total. The molecule has 0 aromatic heterocycles. The summed E-state index contributed by atoms with van der Waals surface area (Å²) in [7, 11) is -0.0146. The van der Waals surface area contributed by atoms with Crippen LogP contribution < -0.4 is 0 Å². The zero-order valence-corrected chi connectivity index (χ0v) is 14.8. The summed E-state index contributed by atoms with van der Waals surface area (Å²) in [5.41, 5.74) is 0. The molecule has 0 fully saturated rings. The molecule has 0 aliphatic heterocycles. The second-order valence-corrected chi connectivity index (χ2v) is 6.27. The van der Waals surface area contributed by atoms with Gasteiger partial charge in [-0.15, -0.1) is 0 Å². The van der Waals surface area contributed by atoms with Crippen molar-refractivity contribution < 1.29 is 5.48 Å². The second kappa shape index (κ2) is 9.08. The van der Waals surface area contributed by atoms with Crippen molar-refractivity contribution in [1.82, 2.24) is 0 Å². The van der Waals surface area contributed by atoms with Crippen LogP contribution in [0.15, 0.2) is 106 Å². The van der Waals surface area contributed by atoms with E-state index in [1.807, 2.05) is 0 Å². The Balaban J connectivity index is 0.00000110. The van der Waals surface area contributed by atoms with E-state index < -0.39 is 0 Å². The standard InChI is InChI=1S/C18H15S.Na.H2O/c1-4-10-16(11-5-1)19(17-12-6-2-7-13-17)18-14-8-3-9-15-18;;/h1-15H;;1H2/q+1;;/p-1. The largest absolute Gasteiger partial charge is 0.870 e. The third kappa shape index (κ3) is 4.47. The van der Waals surface area contributed by atoms with E-state index in [0.717, 1.165) is 0 Å². The van der Waals surface area contributed by atoms with Crippen LogP contribution in [0.3, 0.4) is 0 Å². The van der Waals surface area contributed by atoms with Crippen molar-refractivity contribution in [3.63, 3.8) is 0 Å². The Labute approximate surface area is 151 Å². The number of hydrogen-bond donors (Lipinski definition) is 0. The van der Waals surface area contributed by atoms with Gasteiger partial charge in [-0.2, -0.15) is 0 Å². The van der Waals surface area contributed by atoms with Crippen LogP contribution >= 0.6 is 0 Å². The summed E-state index contributed by atoms with van der Waals surface area (Å²) in [6.07, 6.45) is 0. The maximum absolute atomic E-state index is 2.21. The molecule has 0 bridgehead atoms. The molecule has 0 aliphatic rings. The summed E-state index contributed by atoms with van der Waals surface area (Å²) < 4.78 is 0. The molecule has 3 heteroatoms. The van der Waals surface area contributed by atoms with Crippen LogP contribution in [-0.2, 0) is 10.9 Å². The zero-order valence-electron chi connectivity index (χ0n) is 12.0. The minimum Gasteiger partial charge on any atom is -0.870 e. The van der Waals surface area contributed by atoms with Crippen molar-refractivity contribution in [3.8, 4) is 0 Å². The van der Waals surface area contributed by atoms with E-state index in [-0.39, 0.29) is 45.9 Å². The molecule has 1 nitrogen and oxygen atoms in total. The maximum atomic E-state index is 2.21. The van der Waals surface area contributed by atoms with Crippen molar-refractivity contribution in [2.45, 2.75) is 14.7 Å². The molecular weight excluding hydrogens is 287 g/mol. The van der Waals surface area contributed by atoms with Gasteiger partial charge in [0, 0.05) is 29.6 Å². The Morgan fingerprint density at radius 2 is 0.667 bits per heavy atom. The number of hydrogen-bond acceptors (Lipinski definition) is 1. The van der Waals surface area contributed by atoms with Crippen LogP contribution in [0.2, 0.25) is 0 Å². The van der Waals surface area contributed by atoms with Gasteiger partial charge in [0.15, 0.2) is 14.7 Å². The number of benzene rings is 3. The molecule has 1 radical (unpaired) electrons. The van der Waals surface area contributed by atoms with Gasteiger partial charge in [-0.05, 0) is 36.4 Å². The van der Waals surface area contributed by atoms with Crippen LogP contribution in [0.1, 0.15) is 0 Å². The van der Waals surface area contributed by atoms with Crippen molar-refractivity contribution in [2.24, 2.45) is 0 Å². The van der Waals surface area contributed by atoms with Crippen LogP contribution in [0.4, 0.5) is 0 Å². The van der Waals surface area contributed by atoms with Crippen LogP contribution in [0.25, 0.3) is 0 Å². The summed E-state index contributed by atoms with van der Waals surface area (Å²) in [6, 6.07) is 32.2. The van der Waals surface area contributed by atoms with Crippen LogP contribution in [0, 0.1) is 0 Å². The molecule has 0 atom stereocenters. The van der Waals surface area contributed by atoms with E-state index in [9.17, 15) is 0 Å². The first-order valence-corrected chi connectivity index (χ1v) is 7.57. The first-order chi connectivity index (χ1) is 9.45. The predicted octanol–water partition coefficient (Wildman–Crippen LogP) is 4.22. The number of rotatable bonds is 3. The van der Waals surface area contributed by atoms with Crippen molar-refractivity contribution in [3.05, 3.63) is 91.0 Å². The van der Waals surface area contributed by atoms with E-state index in [0.29, 0.717) is 0 Å².